The molecule has 1 saturated heterocycles. The van der Waals surface area contributed by atoms with E-state index in [-0.39, 0.29) is 17.9 Å². The van der Waals surface area contributed by atoms with Crippen molar-refractivity contribution >= 4 is 11.8 Å². The second-order valence-electron chi connectivity index (χ2n) is 6.62. The van der Waals surface area contributed by atoms with Crippen molar-refractivity contribution in [1.82, 2.24) is 14.8 Å². The molecule has 1 fully saturated rings. The predicted octanol–water partition coefficient (Wildman–Crippen LogP) is 2.74. The van der Waals surface area contributed by atoms with E-state index in [9.17, 15) is 9.59 Å². The van der Waals surface area contributed by atoms with Crippen molar-refractivity contribution < 1.29 is 14.3 Å². The van der Waals surface area contributed by atoms with Crippen molar-refractivity contribution in [3.63, 3.8) is 0 Å². The molecule has 1 aliphatic rings. The maximum Gasteiger partial charge on any atom is 0.276 e. The lowest BCUT2D eigenvalue weighted by molar-refractivity contribution is -0.133. The van der Waals surface area contributed by atoms with Gasteiger partial charge in [-0.15, -0.1) is 0 Å². The Labute approximate surface area is 159 Å². The molecule has 0 N–H and O–H groups in total. The Balaban J connectivity index is 1.81. The van der Waals surface area contributed by atoms with Crippen LogP contribution in [0.4, 0.5) is 0 Å². The lowest BCUT2D eigenvalue weighted by atomic mass is 10.1. The number of ether oxygens (including phenoxy) is 1. The first-order valence-corrected chi connectivity index (χ1v) is 9.25. The smallest absolute Gasteiger partial charge is 0.276 e. The maximum atomic E-state index is 13.0. The summed E-state index contributed by atoms with van der Waals surface area (Å²) in [6.45, 7) is 3.49. The number of aromatic nitrogens is 1. The van der Waals surface area contributed by atoms with Crippen LogP contribution >= 0.6 is 0 Å². The molecule has 1 aromatic heterocycles. The summed E-state index contributed by atoms with van der Waals surface area (Å²) >= 11 is 0. The van der Waals surface area contributed by atoms with Crippen LogP contribution in [0.15, 0.2) is 48.7 Å². The Bertz CT molecular complexity index is 794. The molecule has 1 aromatic carbocycles. The third kappa shape index (κ3) is 4.27. The van der Waals surface area contributed by atoms with Gasteiger partial charge in [0, 0.05) is 38.3 Å². The quantitative estimate of drug-likeness (QED) is 0.815. The van der Waals surface area contributed by atoms with Crippen LogP contribution in [0.25, 0.3) is 0 Å². The highest BCUT2D eigenvalue weighted by Gasteiger charge is 2.32. The zero-order valence-corrected chi connectivity index (χ0v) is 15.8. The van der Waals surface area contributed by atoms with Crippen molar-refractivity contribution in [2.45, 2.75) is 32.4 Å². The SMILES string of the molecule is CC[C@@H]1CN(C(=O)c2ncccc2OC)CCC(=O)N1Cc1ccccc1. The molecule has 1 aliphatic heterocycles. The molecular formula is C21H25N3O3. The summed E-state index contributed by atoms with van der Waals surface area (Å²) in [7, 11) is 1.52. The molecule has 0 saturated carbocycles. The summed E-state index contributed by atoms with van der Waals surface area (Å²) < 4.78 is 5.28. The molecule has 3 rings (SSSR count). The minimum Gasteiger partial charge on any atom is -0.494 e. The summed E-state index contributed by atoms with van der Waals surface area (Å²) in [5.74, 6) is 0.335. The van der Waals surface area contributed by atoms with E-state index in [1.54, 1.807) is 23.2 Å². The van der Waals surface area contributed by atoms with Gasteiger partial charge in [0.15, 0.2) is 5.69 Å². The predicted molar refractivity (Wildman–Crippen MR) is 102 cm³/mol. The van der Waals surface area contributed by atoms with Gasteiger partial charge in [0.25, 0.3) is 5.91 Å². The van der Waals surface area contributed by atoms with Gasteiger partial charge in [-0.1, -0.05) is 37.3 Å². The first kappa shape index (κ1) is 18.9. The molecule has 27 heavy (non-hydrogen) atoms. The highest BCUT2D eigenvalue weighted by atomic mass is 16.5. The van der Waals surface area contributed by atoms with Gasteiger partial charge < -0.3 is 14.5 Å². The van der Waals surface area contributed by atoms with E-state index in [1.165, 1.54) is 7.11 Å². The highest BCUT2D eigenvalue weighted by Crippen LogP contribution is 2.22. The van der Waals surface area contributed by atoms with Crippen LogP contribution < -0.4 is 4.74 Å². The normalized spacial score (nSPS) is 17.6. The van der Waals surface area contributed by atoms with Crippen LogP contribution in [-0.4, -0.2) is 52.8 Å². The van der Waals surface area contributed by atoms with E-state index >= 15 is 0 Å². The Morgan fingerprint density at radius 2 is 2.00 bits per heavy atom. The molecule has 6 nitrogen and oxygen atoms in total. The number of nitrogens with zero attached hydrogens (tertiary/aromatic N) is 3. The number of hydrogen-bond acceptors (Lipinski definition) is 4. The lowest BCUT2D eigenvalue weighted by Crippen LogP contribution is -2.44. The van der Waals surface area contributed by atoms with Crippen molar-refractivity contribution in [2.24, 2.45) is 0 Å². The van der Waals surface area contributed by atoms with Crippen LogP contribution in [0.2, 0.25) is 0 Å². The topological polar surface area (TPSA) is 62.7 Å². The average molecular weight is 367 g/mol. The first-order valence-electron chi connectivity index (χ1n) is 9.25. The van der Waals surface area contributed by atoms with Crippen molar-refractivity contribution in [1.29, 1.82) is 0 Å². The Morgan fingerprint density at radius 3 is 2.70 bits per heavy atom. The fraction of sp³-hybridized carbons (Fsp3) is 0.381. The minimum absolute atomic E-state index is 0.0288. The minimum atomic E-state index is -0.194. The summed E-state index contributed by atoms with van der Waals surface area (Å²) in [5.41, 5.74) is 1.38. The highest BCUT2D eigenvalue weighted by molar-refractivity contribution is 5.95. The number of pyridine rings is 1. The van der Waals surface area contributed by atoms with Crippen LogP contribution in [0, 0.1) is 0 Å². The zero-order valence-electron chi connectivity index (χ0n) is 15.8. The van der Waals surface area contributed by atoms with E-state index in [0.717, 1.165) is 12.0 Å². The van der Waals surface area contributed by atoms with Crippen molar-refractivity contribution in [3.05, 3.63) is 59.9 Å². The Morgan fingerprint density at radius 1 is 1.22 bits per heavy atom. The number of rotatable bonds is 5. The standard InChI is InChI=1S/C21H25N3O3/c1-3-17-15-23(21(26)20-18(27-2)10-7-12-22-20)13-11-19(25)24(17)14-16-8-5-4-6-9-16/h4-10,12,17H,3,11,13-15H2,1-2H3/t17-/m1/s1. The molecule has 0 aliphatic carbocycles. The zero-order chi connectivity index (χ0) is 19.2. The molecule has 2 aromatic rings. The van der Waals surface area contributed by atoms with E-state index in [1.807, 2.05) is 42.2 Å². The number of carbonyl (C=O) groups excluding carboxylic acids is 2. The van der Waals surface area contributed by atoms with Crippen LogP contribution in [0.3, 0.4) is 0 Å². The van der Waals surface area contributed by atoms with Crippen molar-refractivity contribution in [2.75, 3.05) is 20.2 Å². The summed E-state index contributed by atoms with van der Waals surface area (Å²) in [4.78, 5) is 33.6. The summed E-state index contributed by atoms with van der Waals surface area (Å²) in [5, 5.41) is 0. The average Bonchev–Trinajstić information content (AvgIpc) is 2.87. The van der Waals surface area contributed by atoms with Gasteiger partial charge in [-0.3, -0.25) is 9.59 Å². The fourth-order valence-electron chi connectivity index (χ4n) is 3.42. The number of amides is 2. The van der Waals surface area contributed by atoms with Gasteiger partial charge in [0.05, 0.1) is 7.11 Å². The van der Waals surface area contributed by atoms with E-state index in [4.69, 9.17) is 4.74 Å². The number of methoxy groups -OCH3 is 1. The third-order valence-electron chi connectivity index (χ3n) is 4.94. The van der Waals surface area contributed by atoms with Crippen LogP contribution in [0.5, 0.6) is 5.75 Å². The molecule has 2 heterocycles. The molecule has 0 spiro atoms. The van der Waals surface area contributed by atoms with Crippen LogP contribution in [0.1, 0.15) is 35.8 Å². The second-order valence-corrected chi connectivity index (χ2v) is 6.62. The summed E-state index contributed by atoms with van der Waals surface area (Å²) in [6.07, 6.45) is 2.67. The third-order valence-corrected chi connectivity index (χ3v) is 4.94. The molecule has 0 bridgehead atoms. The molecule has 0 radical (unpaired) electrons. The Hall–Kier alpha value is -2.89. The fourth-order valence-corrected chi connectivity index (χ4v) is 3.42. The molecule has 1 atom stereocenters. The molecule has 2 amide bonds. The van der Waals surface area contributed by atoms with Crippen molar-refractivity contribution in [3.8, 4) is 5.75 Å². The largest absolute Gasteiger partial charge is 0.494 e. The number of hydrogen-bond donors (Lipinski definition) is 0. The molecule has 142 valence electrons. The monoisotopic (exact) mass is 367 g/mol. The molecule has 6 heteroatoms. The van der Waals surface area contributed by atoms with Gasteiger partial charge in [-0.2, -0.15) is 0 Å². The maximum absolute atomic E-state index is 13.0. The first-order chi connectivity index (χ1) is 13.1. The number of carbonyl (C=O) groups is 2. The Kier molecular flexibility index (Phi) is 6.06. The van der Waals surface area contributed by atoms with Gasteiger partial charge in [-0.05, 0) is 24.1 Å². The van der Waals surface area contributed by atoms with E-state index < -0.39 is 0 Å². The lowest BCUT2D eigenvalue weighted by Gasteiger charge is -2.31. The number of benzene rings is 1. The van der Waals surface area contributed by atoms with E-state index in [2.05, 4.69) is 4.98 Å². The summed E-state index contributed by atoms with van der Waals surface area (Å²) in [6, 6.07) is 13.4. The van der Waals surface area contributed by atoms with Gasteiger partial charge in [-0.25, -0.2) is 4.98 Å². The van der Waals surface area contributed by atoms with Gasteiger partial charge in [0.2, 0.25) is 5.91 Å². The van der Waals surface area contributed by atoms with Crippen LogP contribution in [-0.2, 0) is 11.3 Å². The van der Waals surface area contributed by atoms with E-state index in [0.29, 0.717) is 37.5 Å². The van der Waals surface area contributed by atoms with Gasteiger partial charge in [0.1, 0.15) is 5.75 Å². The molecule has 0 unspecified atom stereocenters. The van der Waals surface area contributed by atoms with Gasteiger partial charge >= 0.3 is 0 Å². The molecular weight excluding hydrogens is 342 g/mol. The second kappa shape index (κ2) is 8.66.